The molecule has 3 heterocycles. The lowest BCUT2D eigenvalue weighted by Gasteiger charge is -2.27. The molecular formula is C35H44N4O8. The van der Waals surface area contributed by atoms with Crippen molar-refractivity contribution in [3.8, 4) is 11.5 Å². The quantitative estimate of drug-likeness (QED) is 0.386. The van der Waals surface area contributed by atoms with E-state index in [1.807, 2.05) is 31.2 Å². The summed E-state index contributed by atoms with van der Waals surface area (Å²) in [5.41, 5.74) is 0.187. The number of aromatic nitrogens is 1. The summed E-state index contributed by atoms with van der Waals surface area (Å²) in [6, 6.07) is 4.05. The summed E-state index contributed by atoms with van der Waals surface area (Å²) in [5.74, 6) is -0.991. The Bertz CT molecular complexity index is 1560. The van der Waals surface area contributed by atoms with Crippen molar-refractivity contribution in [1.29, 1.82) is 0 Å². The summed E-state index contributed by atoms with van der Waals surface area (Å²) in [4.78, 5) is 59.0. The van der Waals surface area contributed by atoms with Gasteiger partial charge in [0.1, 0.15) is 35.3 Å². The van der Waals surface area contributed by atoms with Gasteiger partial charge in [-0.05, 0) is 76.5 Å². The zero-order valence-electron chi connectivity index (χ0n) is 27.0. The highest BCUT2D eigenvalue weighted by Gasteiger charge is 2.61. The number of nitrogens with zero attached hydrogens (tertiary/aromatic N) is 2. The Labute approximate surface area is 274 Å². The van der Waals surface area contributed by atoms with Gasteiger partial charge in [-0.3, -0.25) is 14.6 Å². The van der Waals surface area contributed by atoms with Gasteiger partial charge in [-0.15, -0.1) is 0 Å². The fraction of sp³-hybridized carbons (Fsp3) is 0.571. The molecule has 0 bridgehead atoms. The van der Waals surface area contributed by atoms with Gasteiger partial charge in [0.05, 0.1) is 19.2 Å². The average Bonchev–Trinajstić information content (AvgIpc) is 3.32. The number of aliphatic carboxylic acids is 1. The number of carbonyl (C=O) groups excluding carboxylic acids is 3. The van der Waals surface area contributed by atoms with Crippen molar-refractivity contribution in [1.82, 2.24) is 20.5 Å². The standard InChI is InChI=1S/C35H44N4O8/c1-21-28(45-2)14-13-26-29(15-16-36-31(21)26)46-25-18-27-32(41)38-35(33(42)43)19-22(35)9-5-3-4-6-10-23(17-30(40)39(27)20-25)37-34(44)47-24-11-7-8-12-24/h5,9,13-16,22-25,27H,3-4,6-8,10-12,17-20H2,1-2H3,(H,37,44)(H,38,41)(H,42,43)/b9-5-/t22-,23+,25-,27+,35-/m1/s1. The third-order valence-electron chi connectivity index (χ3n) is 10.1. The number of allylic oxidation sites excluding steroid dienone is 1. The SMILES string of the molecule is COc1ccc2c(O[C@@H]3C[C@H]4C(=O)N[C@]5(C(=O)O)C[C@H]5/C=C\CCCC[C@H](NC(=O)OC5CCCC5)CC(=O)N4C3)ccnc2c1C. The van der Waals surface area contributed by atoms with Crippen molar-refractivity contribution in [2.75, 3.05) is 13.7 Å². The topological polar surface area (TPSA) is 156 Å². The van der Waals surface area contributed by atoms with Crippen LogP contribution in [0, 0.1) is 12.8 Å². The molecule has 6 rings (SSSR count). The molecule has 0 spiro atoms. The molecule has 3 fully saturated rings. The predicted octanol–water partition coefficient (Wildman–Crippen LogP) is 4.42. The Morgan fingerprint density at radius 2 is 1.85 bits per heavy atom. The van der Waals surface area contributed by atoms with E-state index in [0.717, 1.165) is 61.4 Å². The summed E-state index contributed by atoms with van der Waals surface area (Å²) in [7, 11) is 1.60. The van der Waals surface area contributed by atoms with Crippen molar-refractivity contribution < 1.29 is 38.5 Å². The molecule has 4 aliphatic rings. The van der Waals surface area contributed by atoms with E-state index in [1.165, 1.54) is 4.90 Å². The zero-order chi connectivity index (χ0) is 33.1. The minimum absolute atomic E-state index is 0.0179. The van der Waals surface area contributed by atoms with Crippen LogP contribution >= 0.6 is 0 Å². The fourth-order valence-electron chi connectivity index (χ4n) is 7.32. The van der Waals surface area contributed by atoms with Crippen LogP contribution in [-0.4, -0.2) is 82.4 Å². The maximum Gasteiger partial charge on any atom is 0.407 e. The fourth-order valence-corrected chi connectivity index (χ4v) is 7.32. The lowest BCUT2D eigenvalue weighted by atomic mass is 10.0. The summed E-state index contributed by atoms with van der Waals surface area (Å²) >= 11 is 0. The third kappa shape index (κ3) is 7.01. The minimum Gasteiger partial charge on any atom is -0.496 e. The molecule has 0 radical (unpaired) electrons. The number of amides is 3. The highest BCUT2D eigenvalue weighted by Crippen LogP contribution is 2.45. The Morgan fingerprint density at radius 3 is 2.62 bits per heavy atom. The van der Waals surface area contributed by atoms with Crippen LogP contribution < -0.4 is 20.1 Å². The van der Waals surface area contributed by atoms with Gasteiger partial charge in [0.15, 0.2) is 0 Å². The largest absolute Gasteiger partial charge is 0.496 e. The van der Waals surface area contributed by atoms with Gasteiger partial charge in [-0.25, -0.2) is 9.59 Å². The number of hydrogen-bond donors (Lipinski definition) is 3. The van der Waals surface area contributed by atoms with Crippen molar-refractivity contribution in [3.05, 3.63) is 42.1 Å². The first-order valence-corrected chi connectivity index (χ1v) is 16.8. The Hall–Kier alpha value is -4.35. The first-order chi connectivity index (χ1) is 22.7. The van der Waals surface area contributed by atoms with Gasteiger partial charge in [0, 0.05) is 41.9 Å². The number of fused-ring (bicyclic) bond motifs is 3. The molecule has 47 heavy (non-hydrogen) atoms. The number of ether oxygens (including phenoxy) is 3. The smallest absolute Gasteiger partial charge is 0.407 e. The molecule has 1 saturated heterocycles. The van der Waals surface area contributed by atoms with Crippen LogP contribution in [0.25, 0.3) is 10.9 Å². The summed E-state index contributed by atoms with van der Waals surface area (Å²) in [6.45, 7) is 2.04. The van der Waals surface area contributed by atoms with E-state index >= 15 is 0 Å². The van der Waals surface area contributed by atoms with Crippen LogP contribution in [0.4, 0.5) is 4.79 Å². The molecule has 5 atom stereocenters. The summed E-state index contributed by atoms with van der Waals surface area (Å²) < 4.78 is 17.5. The second-order valence-electron chi connectivity index (χ2n) is 13.3. The number of pyridine rings is 1. The number of carboxylic acid groups (broad SMARTS) is 1. The molecule has 252 valence electrons. The second-order valence-corrected chi connectivity index (χ2v) is 13.3. The molecule has 1 aromatic heterocycles. The first-order valence-electron chi connectivity index (χ1n) is 16.8. The molecule has 3 amide bonds. The molecule has 3 N–H and O–H groups in total. The second kappa shape index (κ2) is 13.8. The summed E-state index contributed by atoms with van der Waals surface area (Å²) in [5, 5.41) is 16.6. The molecule has 0 unspecified atom stereocenters. The number of carbonyl (C=O) groups is 4. The Kier molecular flexibility index (Phi) is 9.56. The van der Waals surface area contributed by atoms with Crippen LogP contribution in [0.1, 0.15) is 76.2 Å². The lowest BCUT2D eigenvalue weighted by Crippen LogP contribution is -2.53. The molecule has 2 aromatic rings. The Morgan fingerprint density at radius 1 is 1.06 bits per heavy atom. The normalized spacial score (nSPS) is 29.1. The van der Waals surface area contributed by atoms with Crippen LogP contribution in [0.2, 0.25) is 0 Å². The van der Waals surface area contributed by atoms with E-state index in [-0.39, 0.29) is 37.3 Å². The van der Waals surface area contributed by atoms with E-state index < -0.39 is 41.7 Å². The average molecular weight is 649 g/mol. The minimum atomic E-state index is -1.40. The molecule has 2 aliphatic carbocycles. The number of methoxy groups -OCH3 is 1. The van der Waals surface area contributed by atoms with Gasteiger partial charge < -0.3 is 34.9 Å². The van der Waals surface area contributed by atoms with Crippen molar-refractivity contribution in [2.24, 2.45) is 5.92 Å². The van der Waals surface area contributed by atoms with Gasteiger partial charge in [0.2, 0.25) is 11.8 Å². The first kappa shape index (κ1) is 32.6. The number of carboxylic acids is 1. The highest BCUT2D eigenvalue weighted by atomic mass is 16.6. The molecule has 2 saturated carbocycles. The highest BCUT2D eigenvalue weighted by molar-refractivity contribution is 5.95. The zero-order valence-corrected chi connectivity index (χ0v) is 27.0. The van der Waals surface area contributed by atoms with E-state index in [9.17, 15) is 24.3 Å². The number of nitrogens with one attached hydrogen (secondary N) is 2. The molecular weight excluding hydrogens is 604 g/mol. The van der Waals surface area contributed by atoms with Gasteiger partial charge in [-0.1, -0.05) is 18.6 Å². The number of rotatable bonds is 6. The molecule has 12 nitrogen and oxygen atoms in total. The number of aryl methyl sites for hydroxylation is 1. The number of alkyl carbamates (subject to hydrolysis) is 1. The maximum atomic E-state index is 14.0. The molecule has 1 aromatic carbocycles. The summed E-state index contributed by atoms with van der Waals surface area (Å²) in [6.07, 6.45) is 11.4. The number of hydrogen-bond acceptors (Lipinski definition) is 8. The van der Waals surface area contributed by atoms with E-state index in [1.54, 1.807) is 19.4 Å². The molecule has 12 heteroatoms. The van der Waals surface area contributed by atoms with Crippen LogP contribution in [0.5, 0.6) is 11.5 Å². The lowest BCUT2D eigenvalue weighted by molar-refractivity contribution is -0.145. The third-order valence-corrected chi connectivity index (χ3v) is 10.1. The Balaban J connectivity index is 1.24. The van der Waals surface area contributed by atoms with Crippen molar-refractivity contribution >= 4 is 34.8 Å². The van der Waals surface area contributed by atoms with Crippen molar-refractivity contribution in [3.63, 3.8) is 0 Å². The van der Waals surface area contributed by atoms with Gasteiger partial charge >= 0.3 is 12.1 Å². The van der Waals surface area contributed by atoms with E-state index in [2.05, 4.69) is 15.6 Å². The van der Waals surface area contributed by atoms with Crippen LogP contribution in [0.3, 0.4) is 0 Å². The molecule has 2 aliphatic heterocycles. The van der Waals surface area contributed by atoms with Gasteiger partial charge in [-0.2, -0.15) is 0 Å². The van der Waals surface area contributed by atoms with Crippen molar-refractivity contribution in [2.45, 2.75) is 107 Å². The van der Waals surface area contributed by atoms with E-state index in [4.69, 9.17) is 14.2 Å². The van der Waals surface area contributed by atoms with E-state index in [0.29, 0.717) is 24.3 Å². The van der Waals surface area contributed by atoms with Crippen LogP contribution in [0.15, 0.2) is 36.5 Å². The van der Waals surface area contributed by atoms with Gasteiger partial charge in [0.25, 0.3) is 0 Å². The van der Waals surface area contributed by atoms with Crippen LogP contribution in [-0.2, 0) is 19.1 Å². The monoisotopic (exact) mass is 648 g/mol. The maximum absolute atomic E-state index is 14.0. The predicted molar refractivity (Wildman–Crippen MR) is 172 cm³/mol. The number of benzene rings is 1.